The van der Waals surface area contributed by atoms with Crippen molar-refractivity contribution >= 4 is 5.69 Å². The van der Waals surface area contributed by atoms with E-state index in [1.54, 1.807) is 6.07 Å². The zero-order chi connectivity index (χ0) is 18.8. The molecule has 0 radical (unpaired) electrons. The normalized spacial score (nSPS) is 13.3. The molecule has 0 saturated carbocycles. The van der Waals surface area contributed by atoms with E-state index in [4.69, 9.17) is 4.74 Å². The summed E-state index contributed by atoms with van der Waals surface area (Å²) in [7, 11) is 2.13. The second-order valence-corrected chi connectivity index (χ2v) is 7.35. The molecule has 2 aromatic rings. The van der Waals surface area contributed by atoms with E-state index in [1.807, 2.05) is 0 Å². The Kier molecular flexibility index (Phi) is 5.55. The second kappa shape index (κ2) is 7.69. The quantitative estimate of drug-likeness (QED) is 0.668. The van der Waals surface area contributed by atoms with Crippen LogP contribution in [-0.2, 0) is 12.8 Å². The number of hydrogen-bond donors (Lipinski definition) is 0. The Hall–Kier alpha value is -2.03. The Morgan fingerprint density at radius 2 is 1.88 bits per heavy atom. The number of anilines is 1. The molecule has 2 aromatic carbocycles. The first-order valence-electron chi connectivity index (χ1n) is 9.77. The second-order valence-electron chi connectivity index (χ2n) is 7.35. The van der Waals surface area contributed by atoms with E-state index >= 15 is 0 Å². The summed E-state index contributed by atoms with van der Waals surface area (Å²) in [5.41, 5.74) is 8.15. The van der Waals surface area contributed by atoms with Crippen LogP contribution in [0.15, 0.2) is 18.2 Å². The van der Waals surface area contributed by atoms with Crippen LogP contribution in [0.5, 0.6) is 5.75 Å². The Balaban J connectivity index is 2.21. The topological polar surface area (TPSA) is 12.5 Å². The number of aryl methyl sites for hydroxylation is 1. The SMILES string of the molecule is CCCN(C)c1cc(C)c(CC)c(-c2cc(F)c3c(c2C)CCCO3)c1. The minimum absolute atomic E-state index is 0.229. The highest BCUT2D eigenvalue weighted by Gasteiger charge is 2.22. The van der Waals surface area contributed by atoms with E-state index in [0.717, 1.165) is 54.5 Å². The van der Waals surface area contributed by atoms with Gasteiger partial charge in [-0.05, 0) is 85.5 Å². The Labute approximate surface area is 157 Å². The number of ether oxygens (including phenoxy) is 1. The largest absolute Gasteiger partial charge is 0.490 e. The van der Waals surface area contributed by atoms with Gasteiger partial charge in [-0.3, -0.25) is 0 Å². The molecule has 0 aliphatic carbocycles. The van der Waals surface area contributed by atoms with Crippen molar-refractivity contribution in [1.29, 1.82) is 0 Å². The fourth-order valence-corrected chi connectivity index (χ4v) is 4.13. The lowest BCUT2D eigenvalue weighted by atomic mass is 9.87. The predicted octanol–water partition coefficient (Wildman–Crippen LogP) is 5.84. The monoisotopic (exact) mass is 355 g/mol. The smallest absolute Gasteiger partial charge is 0.165 e. The van der Waals surface area contributed by atoms with E-state index in [-0.39, 0.29) is 5.82 Å². The van der Waals surface area contributed by atoms with Crippen molar-refractivity contribution < 1.29 is 9.13 Å². The number of rotatable bonds is 5. The Bertz CT molecular complexity index is 813. The van der Waals surface area contributed by atoms with E-state index < -0.39 is 0 Å². The van der Waals surface area contributed by atoms with Crippen LogP contribution >= 0.6 is 0 Å². The molecular weight excluding hydrogens is 325 g/mol. The van der Waals surface area contributed by atoms with Crippen molar-refractivity contribution in [3.8, 4) is 16.9 Å². The van der Waals surface area contributed by atoms with Crippen molar-refractivity contribution in [3.63, 3.8) is 0 Å². The van der Waals surface area contributed by atoms with Crippen LogP contribution in [0.1, 0.15) is 48.9 Å². The molecule has 0 aromatic heterocycles. The van der Waals surface area contributed by atoms with Crippen molar-refractivity contribution in [2.24, 2.45) is 0 Å². The van der Waals surface area contributed by atoms with Gasteiger partial charge < -0.3 is 9.64 Å². The first-order chi connectivity index (χ1) is 12.5. The highest BCUT2D eigenvalue weighted by atomic mass is 19.1. The molecule has 1 aliphatic rings. The summed E-state index contributed by atoms with van der Waals surface area (Å²) < 4.78 is 20.4. The first-order valence-corrected chi connectivity index (χ1v) is 9.77. The van der Waals surface area contributed by atoms with E-state index in [9.17, 15) is 4.39 Å². The maximum Gasteiger partial charge on any atom is 0.165 e. The van der Waals surface area contributed by atoms with Gasteiger partial charge in [0.25, 0.3) is 0 Å². The molecule has 0 amide bonds. The third-order valence-electron chi connectivity index (χ3n) is 5.54. The van der Waals surface area contributed by atoms with Gasteiger partial charge in [-0.1, -0.05) is 13.8 Å². The number of hydrogen-bond acceptors (Lipinski definition) is 2. The minimum Gasteiger partial charge on any atom is -0.490 e. The van der Waals surface area contributed by atoms with Gasteiger partial charge in [-0.2, -0.15) is 0 Å². The van der Waals surface area contributed by atoms with E-state index in [2.05, 4.69) is 51.8 Å². The van der Waals surface area contributed by atoms with Gasteiger partial charge in [0.05, 0.1) is 6.61 Å². The molecule has 1 heterocycles. The summed E-state index contributed by atoms with van der Waals surface area (Å²) in [6.45, 7) is 10.3. The van der Waals surface area contributed by atoms with Crippen LogP contribution in [0, 0.1) is 19.7 Å². The zero-order valence-corrected chi connectivity index (χ0v) is 16.7. The van der Waals surface area contributed by atoms with Crippen molar-refractivity contribution in [2.75, 3.05) is 25.1 Å². The summed E-state index contributed by atoms with van der Waals surface area (Å²) in [6.07, 6.45) is 3.88. The standard InChI is InChI=1S/C23H30FNO/c1-6-10-25(5)17-12-15(3)18(7-2)21(13-17)20-14-22(24)23-19(16(20)4)9-8-11-26-23/h12-14H,6-11H2,1-5H3. The average molecular weight is 355 g/mol. The third kappa shape index (κ3) is 3.32. The van der Waals surface area contributed by atoms with Crippen LogP contribution in [0.2, 0.25) is 0 Å². The maximum absolute atomic E-state index is 14.8. The number of halogens is 1. The van der Waals surface area contributed by atoms with Crippen LogP contribution in [0.3, 0.4) is 0 Å². The molecule has 140 valence electrons. The molecule has 3 heteroatoms. The van der Waals surface area contributed by atoms with Crippen molar-refractivity contribution in [2.45, 2.75) is 53.4 Å². The van der Waals surface area contributed by atoms with Gasteiger partial charge in [0.1, 0.15) is 0 Å². The highest BCUT2D eigenvalue weighted by molar-refractivity contribution is 5.78. The molecule has 0 saturated heterocycles. The van der Waals surface area contributed by atoms with E-state index in [1.165, 1.54) is 16.8 Å². The Morgan fingerprint density at radius 3 is 2.58 bits per heavy atom. The molecule has 2 nitrogen and oxygen atoms in total. The molecule has 0 spiro atoms. The predicted molar refractivity (Wildman–Crippen MR) is 108 cm³/mol. The van der Waals surface area contributed by atoms with Gasteiger partial charge in [-0.15, -0.1) is 0 Å². The molecule has 26 heavy (non-hydrogen) atoms. The van der Waals surface area contributed by atoms with Gasteiger partial charge in [0, 0.05) is 24.8 Å². The van der Waals surface area contributed by atoms with Gasteiger partial charge in [0.2, 0.25) is 0 Å². The maximum atomic E-state index is 14.8. The first kappa shape index (κ1) is 18.8. The molecule has 1 aliphatic heterocycles. The fourth-order valence-electron chi connectivity index (χ4n) is 4.13. The fraction of sp³-hybridized carbons (Fsp3) is 0.478. The number of benzene rings is 2. The molecule has 0 unspecified atom stereocenters. The summed E-state index contributed by atoms with van der Waals surface area (Å²) in [5.74, 6) is 0.235. The summed E-state index contributed by atoms with van der Waals surface area (Å²) in [5, 5.41) is 0. The van der Waals surface area contributed by atoms with Crippen LogP contribution < -0.4 is 9.64 Å². The summed E-state index contributed by atoms with van der Waals surface area (Å²) >= 11 is 0. The molecule has 0 atom stereocenters. The summed E-state index contributed by atoms with van der Waals surface area (Å²) in [4.78, 5) is 2.28. The third-order valence-corrected chi connectivity index (χ3v) is 5.54. The minimum atomic E-state index is -0.229. The highest BCUT2D eigenvalue weighted by Crippen LogP contribution is 2.40. The Morgan fingerprint density at radius 1 is 1.12 bits per heavy atom. The van der Waals surface area contributed by atoms with Crippen LogP contribution in [-0.4, -0.2) is 20.2 Å². The molecular formula is C23H30FNO. The molecule has 0 fully saturated rings. The zero-order valence-electron chi connectivity index (χ0n) is 16.7. The lowest BCUT2D eigenvalue weighted by molar-refractivity contribution is 0.273. The van der Waals surface area contributed by atoms with Gasteiger partial charge in [-0.25, -0.2) is 4.39 Å². The lowest BCUT2D eigenvalue weighted by Crippen LogP contribution is -2.18. The lowest BCUT2D eigenvalue weighted by Gasteiger charge is -2.25. The van der Waals surface area contributed by atoms with Gasteiger partial charge in [0.15, 0.2) is 11.6 Å². The van der Waals surface area contributed by atoms with Crippen LogP contribution in [0.4, 0.5) is 10.1 Å². The molecule has 0 bridgehead atoms. The number of fused-ring (bicyclic) bond motifs is 1. The van der Waals surface area contributed by atoms with Crippen molar-refractivity contribution in [3.05, 3.63) is 46.3 Å². The molecule has 3 rings (SSSR count). The van der Waals surface area contributed by atoms with Crippen LogP contribution in [0.25, 0.3) is 11.1 Å². The average Bonchev–Trinajstić information content (AvgIpc) is 2.64. The van der Waals surface area contributed by atoms with E-state index in [0.29, 0.717) is 12.4 Å². The summed E-state index contributed by atoms with van der Waals surface area (Å²) in [6, 6.07) is 6.17. The number of nitrogens with zero attached hydrogens (tertiary/aromatic N) is 1. The van der Waals surface area contributed by atoms with Crippen molar-refractivity contribution in [1.82, 2.24) is 0 Å². The molecule has 0 N–H and O–H groups in total. The van der Waals surface area contributed by atoms with Gasteiger partial charge >= 0.3 is 0 Å².